The van der Waals surface area contributed by atoms with Crippen LogP contribution in [-0.4, -0.2) is 120 Å². The van der Waals surface area contributed by atoms with Gasteiger partial charge in [-0.2, -0.15) is 0 Å². The monoisotopic (exact) mass is 848 g/mol. The van der Waals surface area contributed by atoms with Gasteiger partial charge in [-0.25, -0.2) is 0 Å². The largest absolute Gasteiger partial charge is 0.508 e. The maximum Gasteiger partial charge on any atom is 0.306 e. The van der Waals surface area contributed by atoms with E-state index in [-0.39, 0.29) is 17.6 Å². The van der Waals surface area contributed by atoms with Crippen LogP contribution >= 0.6 is 0 Å². The molecule has 2 aliphatic rings. The standard InChI is InChI=1S/C43H60O17/c1-3-4-5-6-7-8-9-10-11-12-13-14-15-16-31(48)59-39-23(2)56-42(38(54)36(39)52)55-22-30-33(49)35(51)37(53)43(58-30)60-41-34(50)32-28(47)20-25(44)21-29(32)57-40(41)24-17-18-26(45)27(46)19-24/h17-21,23,30,33,35-39,42-47,49,51-54H,3-16,22H2,1-2H3/t23-,30+,33+,35-,36-,37+,38+,39-,42+,43-/m1/s1. The van der Waals surface area contributed by atoms with E-state index in [2.05, 4.69) is 6.92 Å². The molecule has 9 N–H and O–H groups in total. The number of carbonyl (C=O) groups excluding carboxylic acids is 1. The zero-order valence-electron chi connectivity index (χ0n) is 34.1. The Bertz CT molecular complexity index is 1900. The highest BCUT2D eigenvalue weighted by Gasteiger charge is 2.49. The number of unbranched alkanes of at least 4 members (excludes halogenated alkanes) is 12. The number of phenols is 4. The highest BCUT2D eigenvalue weighted by molar-refractivity contribution is 5.88. The summed E-state index contributed by atoms with van der Waals surface area (Å²) in [7, 11) is 0. The molecule has 0 bridgehead atoms. The first-order valence-electron chi connectivity index (χ1n) is 21.0. The summed E-state index contributed by atoms with van der Waals surface area (Å²) in [6.07, 6.45) is -0.973. The molecule has 60 heavy (non-hydrogen) atoms. The summed E-state index contributed by atoms with van der Waals surface area (Å²) in [6.45, 7) is 3.11. The van der Waals surface area contributed by atoms with Crippen LogP contribution in [0.1, 0.15) is 104 Å². The van der Waals surface area contributed by atoms with Gasteiger partial charge in [0, 0.05) is 24.1 Å². The Morgan fingerprint density at radius 2 is 1.30 bits per heavy atom. The molecule has 0 radical (unpaired) electrons. The number of rotatable bonds is 21. The average molecular weight is 849 g/mol. The minimum Gasteiger partial charge on any atom is -0.508 e. The Kier molecular flexibility index (Phi) is 17.2. The Labute approximate surface area is 347 Å². The number of benzene rings is 2. The maximum atomic E-state index is 13.8. The fourth-order valence-corrected chi connectivity index (χ4v) is 7.49. The Morgan fingerprint density at radius 1 is 0.683 bits per heavy atom. The molecule has 0 unspecified atom stereocenters. The molecule has 2 aliphatic heterocycles. The first-order valence-corrected chi connectivity index (χ1v) is 21.0. The summed E-state index contributed by atoms with van der Waals surface area (Å²) in [5, 5.41) is 94.3. The molecule has 5 rings (SSSR count). The van der Waals surface area contributed by atoms with E-state index in [4.69, 9.17) is 28.1 Å². The van der Waals surface area contributed by atoms with E-state index in [9.17, 15) is 55.5 Å². The molecule has 0 aliphatic carbocycles. The van der Waals surface area contributed by atoms with Crippen molar-refractivity contribution in [3.05, 3.63) is 40.6 Å². The second-order valence-electron chi connectivity index (χ2n) is 15.7. The fraction of sp³-hybridized carbons (Fsp3) is 0.628. The van der Waals surface area contributed by atoms with Gasteiger partial charge in [0.25, 0.3) is 0 Å². The van der Waals surface area contributed by atoms with Gasteiger partial charge in [0.05, 0.1) is 12.7 Å². The van der Waals surface area contributed by atoms with Gasteiger partial charge in [0.15, 0.2) is 29.7 Å². The zero-order chi connectivity index (χ0) is 43.5. The number of hydrogen-bond donors (Lipinski definition) is 9. The van der Waals surface area contributed by atoms with Crippen molar-refractivity contribution in [1.29, 1.82) is 0 Å². The molecule has 0 spiro atoms. The Morgan fingerprint density at radius 3 is 1.93 bits per heavy atom. The first kappa shape index (κ1) is 46.9. The lowest BCUT2D eigenvalue weighted by molar-refractivity contribution is -0.319. The molecule has 0 amide bonds. The molecule has 10 atom stereocenters. The predicted molar refractivity (Wildman–Crippen MR) is 214 cm³/mol. The van der Waals surface area contributed by atoms with Crippen molar-refractivity contribution < 1.29 is 78.9 Å². The molecular formula is C43H60O17. The van der Waals surface area contributed by atoms with Gasteiger partial charge in [0.1, 0.15) is 59.1 Å². The third-order valence-corrected chi connectivity index (χ3v) is 11.0. The normalized spacial score (nSPS) is 26.9. The summed E-state index contributed by atoms with van der Waals surface area (Å²) in [5.74, 6) is -3.89. The molecule has 0 saturated carbocycles. The smallest absolute Gasteiger partial charge is 0.306 e. The van der Waals surface area contributed by atoms with E-state index in [1.54, 1.807) is 0 Å². The SMILES string of the molecule is CCCCCCCCCCCCCCCC(=O)O[C@H]1[C@H](O)[C@H](O)[C@@H](OC[C@@H]2O[C@H](Oc3c(-c4ccc(O)c(O)c4)oc4cc(O)cc(O)c4c3=O)[C@@H](O)[C@H](O)[C@H]2O)O[C@@H]1C. The van der Waals surface area contributed by atoms with Crippen molar-refractivity contribution in [2.24, 2.45) is 0 Å². The van der Waals surface area contributed by atoms with Gasteiger partial charge in [0.2, 0.25) is 17.5 Å². The van der Waals surface area contributed by atoms with E-state index in [1.807, 2.05) is 0 Å². The van der Waals surface area contributed by atoms with Crippen molar-refractivity contribution in [1.82, 2.24) is 0 Å². The first-order chi connectivity index (χ1) is 28.7. The van der Waals surface area contributed by atoms with Gasteiger partial charge in [-0.3, -0.25) is 9.59 Å². The van der Waals surface area contributed by atoms with Crippen LogP contribution in [0, 0.1) is 0 Å². The number of hydrogen-bond acceptors (Lipinski definition) is 17. The summed E-state index contributed by atoms with van der Waals surface area (Å²) in [6, 6.07) is 5.28. The average Bonchev–Trinajstić information content (AvgIpc) is 3.21. The third kappa shape index (κ3) is 11.8. The summed E-state index contributed by atoms with van der Waals surface area (Å²) in [5.41, 5.74) is -1.36. The van der Waals surface area contributed by atoms with Gasteiger partial charge in [-0.15, -0.1) is 0 Å². The van der Waals surface area contributed by atoms with E-state index >= 15 is 0 Å². The number of aliphatic hydroxyl groups is 5. The van der Waals surface area contributed by atoms with Gasteiger partial charge >= 0.3 is 5.97 Å². The molecule has 17 heteroatoms. The van der Waals surface area contributed by atoms with Crippen molar-refractivity contribution in [2.45, 2.75) is 165 Å². The van der Waals surface area contributed by atoms with Crippen molar-refractivity contribution in [3.63, 3.8) is 0 Å². The summed E-state index contributed by atoms with van der Waals surface area (Å²) in [4.78, 5) is 26.4. The lowest BCUT2D eigenvalue weighted by Crippen LogP contribution is -2.62. The number of aromatic hydroxyl groups is 4. The van der Waals surface area contributed by atoms with Gasteiger partial charge in [-0.1, -0.05) is 84.0 Å². The van der Waals surface area contributed by atoms with Crippen LogP contribution in [0.4, 0.5) is 0 Å². The van der Waals surface area contributed by atoms with Crippen LogP contribution in [0.25, 0.3) is 22.3 Å². The molecule has 334 valence electrons. The highest BCUT2D eigenvalue weighted by atomic mass is 16.7. The Balaban J connectivity index is 1.15. The van der Waals surface area contributed by atoms with E-state index < -0.39 is 119 Å². The lowest BCUT2D eigenvalue weighted by Gasteiger charge is -2.43. The van der Waals surface area contributed by atoms with Crippen LogP contribution in [0.2, 0.25) is 0 Å². The van der Waals surface area contributed by atoms with Gasteiger partial charge in [-0.05, 0) is 31.5 Å². The number of carbonyl (C=O) groups is 1. The third-order valence-electron chi connectivity index (χ3n) is 11.0. The van der Waals surface area contributed by atoms with Crippen molar-refractivity contribution >= 4 is 16.9 Å². The molecule has 2 fully saturated rings. The minimum absolute atomic E-state index is 0.0346. The predicted octanol–water partition coefficient (Wildman–Crippen LogP) is 4.35. The number of ether oxygens (including phenoxy) is 5. The van der Waals surface area contributed by atoms with Crippen LogP contribution < -0.4 is 10.2 Å². The van der Waals surface area contributed by atoms with Crippen LogP contribution in [0.15, 0.2) is 39.5 Å². The summed E-state index contributed by atoms with van der Waals surface area (Å²) >= 11 is 0. The van der Waals surface area contributed by atoms with Crippen molar-refractivity contribution in [2.75, 3.05) is 6.61 Å². The molecule has 2 saturated heterocycles. The molecular weight excluding hydrogens is 788 g/mol. The molecule has 2 aromatic carbocycles. The van der Waals surface area contributed by atoms with E-state index in [0.29, 0.717) is 6.42 Å². The Hall–Kier alpha value is -4.20. The van der Waals surface area contributed by atoms with Crippen LogP contribution in [-0.2, 0) is 23.7 Å². The molecule has 17 nitrogen and oxygen atoms in total. The van der Waals surface area contributed by atoms with E-state index in [0.717, 1.165) is 43.5 Å². The number of phenolic OH excluding ortho intramolecular Hbond substituents is 4. The summed E-state index contributed by atoms with van der Waals surface area (Å²) < 4.78 is 34.2. The maximum absolute atomic E-state index is 13.8. The second-order valence-corrected chi connectivity index (χ2v) is 15.7. The highest BCUT2D eigenvalue weighted by Crippen LogP contribution is 2.39. The van der Waals surface area contributed by atoms with Crippen LogP contribution in [0.5, 0.6) is 28.7 Å². The quantitative estimate of drug-likeness (QED) is 0.0410. The molecule has 3 heterocycles. The minimum atomic E-state index is -1.99. The number of fused-ring (bicyclic) bond motifs is 1. The topological polar surface area (TPSA) is 276 Å². The van der Waals surface area contributed by atoms with Gasteiger partial charge < -0.3 is 74.1 Å². The van der Waals surface area contributed by atoms with Crippen molar-refractivity contribution in [3.8, 4) is 40.1 Å². The zero-order valence-corrected chi connectivity index (χ0v) is 34.1. The number of esters is 1. The van der Waals surface area contributed by atoms with Crippen LogP contribution in [0.3, 0.4) is 0 Å². The molecule has 1 aromatic heterocycles. The molecule has 3 aromatic rings. The van der Waals surface area contributed by atoms with E-state index in [1.165, 1.54) is 70.8 Å². The second kappa shape index (κ2) is 22.1. The fourth-order valence-electron chi connectivity index (χ4n) is 7.49. The number of aliphatic hydroxyl groups excluding tert-OH is 5. The lowest BCUT2D eigenvalue weighted by atomic mass is 9.98.